The van der Waals surface area contributed by atoms with Gasteiger partial charge in [-0.2, -0.15) is 11.8 Å². The summed E-state index contributed by atoms with van der Waals surface area (Å²) in [5.74, 6) is 0. The molecule has 0 aromatic rings. The van der Waals surface area contributed by atoms with Crippen molar-refractivity contribution in [1.82, 2.24) is 0 Å². The zero-order valence-corrected chi connectivity index (χ0v) is 11.9. The fourth-order valence-electron chi connectivity index (χ4n) is 2.59. The van der Waals surface area contributed by atoms with E-state index < -0.39 is 0 Å². The maximum Gasteiger partial charge on any atom is 0.0227 e. The molecule has 2 unspecified atom stereocenters. The van der Waals surface area contributed by atoms with Gasteiger partial charge in [0.15, 0.2) is 0 Å². The van der Waals surface area contributed by atoms with Crippen molar-refractivity contribution >= 4 is 11.8 Å². The average molecular weight is 236 g/mol. The quantitative estimate of drug-likeness (QED) is 0.423. The van der Waals surface area contributed by atoms with Crippen LogP contribution >= 0.6 is 11.8 Å². The van der Waals surface area contributed by atoms with Gasteiger partial charge in [-0.3, -0.25) is 0 Å². The lowest BCUT2D eigenvalue weighted by atomic mass is 9.83. The Kier molecular flexibility index (Phi) is 3.53. The minimum atomic E-state index is 0.487. The molecule has 16 heavy (non-hydrogen) atoms. The zero-order valence-electron chi connectivity index (χ0n) is 11.0. The van der Waals surface area contributed by atoms with E-state index in [1.165, 1.54) is 25.7 Å². The second-order valence-electron chi connectivity index (χ2n) is 6.13. The number of hydrogen-bond acceptors (Lipinski definition) is 1. The molecule has 1 saturated heterocycles. The minimum Gasteiger partial charge on any atom is -0.152 e. The Balaban J connectivity index is 2.12. The Labute approximate surface area is 105 Å². The van der Waals surface area contributed by atoms with Crippen LogP contribution < -0.4 is 0 Å². The molecule has 0 aromatic heterocycles. The first-order valence-corrected chi connectivity index (χ1v) is 7.40. The van der Waals surface area contributed by atoms with Gasteiger partial charge >= 0.3 is 0 Å². The van der Waals surface area contributed by atoms with Crippen LogP contribution in [0.2, 0.25) is 0 Å². The van der Waals surface area contributed by atoms with Crippen molar-refractivity contribution in [3.63, 3.8) is 0 Å². The second kappa shape index (κ2) is 4.60. The van der Waals surface area contributed by atoms with Gasteiger partial charge in [-0.25, -0.2) is 0 Å². The second-order valence-corrected chi connectivity index (χ2v) is 7.52. The molecule has 0 saturated carbocycles. The predicted octanol–water partition coefficient (Wildman–Crippen LogP) is 4.96. The molecule has 1 heteroatoms. The minimum absolute atomic E-state index is 0.487. The first-order valence-electron chi connectivity index (χ1n) is 6.46. The Bertz CT molecular complexity index is 322. The van der Waals surface area contributed by atoms with E-state index in [0.29, 0.717) is 5.41 Å². The fraction of sp³-hybridized carbons (Fsp3) is 0.733. The van der Waals surface area contributed by atoms with Crippen molar-refractivity contribution in [2.75, 3.05) is 0 Å². The lowest BCUT2D eigenvalue weighted by Gasteiger charge is -2.22. The fourth-order valence-corrected chi connectivity index (χ4v) is 4.16. The molecule has 90 valence electrons. The molecule has 1 aliphatic carbocycles. The third kappa shape index (κ3) is 2.94. The number of thioether (sulfide) groups is 1. The van der Waals surface area contributed by atoms with Crippen molar-refractivity contribution < 1.29 is 0 Å². The maximum absolute atomic E-state index is 2.48. The first-order chi connectivity index (χ1) is 7.49. The van der Waals surface area contributed by atoms with Gasteiger partial charge in [-0.15, -0.1) is 0 Å². The van der Waals surface area contributed by atoms with Crippen LogP contribution in [0.5, 0.6) is 0 Å². The SMILES string of the molecule is C/C1=C\CC(C)(C)C2SC2C/C(C)=C/CC1. The molecule has 0 N–H and O–H groups in total. The topological polar surface area (TPSA) is 0 Å². The van der Waals surface area contributed by atoms with Crippen LogP contribution in [0.3, 0.4) is 0 Å². The molecule has 2 atom stereocenters. The zero-order chi connectivity index (χ0) is 11.8. The number of allylic oxidation sites excluding steroid dienone is 4. The van der Waals surface area contributed by atoms with Gasteiger partial charge in [0.1, 0.15) is 0 Å². The standard InChI is InChI=1S/C15H24S/c1-11-6-5-7-12(2)10-13-14(16-13)15(3,4)9-8-11/h7-8,13-14H,5-6,9-10H2,1-4H3/b11-8+,12-7+. The molecule has 0 spiro atoms. The molecule has 0 bridgehead atoms. The third-order valence-corrected chi connectivity index (χ3v) is 5.62. The molecular formula is C15H24S. The molecule has 1 fully saturated rings. The van der Waals surface area contributed by atoms with E-state index in [0.717, 1.165) is 10.5 Å². The van der Waals surface area contributed by atoms with Crippen LogP contribution in [-0.4, -0.2) is 10.5 Å². The first kappa shape index (κ1) is 12.3. The van der Waals surface area contributed by atoms with E-state index in [-0.39, 0.29) is 0 Å². The summed E-state index contributed by atoms with van der Waals surface area (Å²) in [5.41, 5.74) is 3.66. The molecule has 1 heterocycles. The summed E-state index contributed by atoms with van der Waals surface area (Å²) in [5, 5.41) is 1.79. The van der Waals surface area contributed by atoms with Gasteiger partial charge in [0.2, 0.25) is 0 Å². The highest BCUT2D eigenvalue weighted by Gasteiger charge is 2.47. The lowest BCUT2D eigenvalue weighted by molar-refractivity contribution is 0.372. The van der Waals surface area contributed by atoms with Gasteiger partial charge in [0.25, 0.3) is 0 Å². The van der Waals surface area contributed by atoms with E-state index in [1.54, 1.807) is 11.1 Å². The van der Waals surface area contributed by atoms with Gasteiger partial charge in [0.05, 0.1) is 0 Å². The molecule has 2 aliphatic rings. The van der Waals surface area contributed by atoms with Gasteiger partial charge in [0, 0.05) is 10.5 Å². The van der Waals surface area contributed by atoms with Crippen LogP contribution in [0.4, 0.5) is 0 Å². The predicted molar refractivity (Wildman–Crippen MR) is 74.9 cm³/mol. The van der Waals surface area contributed by atoms with Gasteiger partial charge in [-0.05, 0) is 44.9 Å². The van der Waals surface area contributed by atoms with Crippen molar-refractivity contribution in [3.05, 3.63) is 23.3 Å². The van der Waals surface area contributed by atoms with Crippen LogP contribution in [0, 0.1) is 5.41 Å². The third-order valence-electron chi connectivity index (χ3n) is 3.88. The highest BCUT2D eigenvalue weighted by molar-refractivity contribution is 8.07. The lowest BCUT2D eigenvalue weighted by Crippen LogP contribution is -2.20. The monoisotopic (exact) mass is 236 g/mol. The molecule has 0 radical (unpaired) electrons. The van der Waals surface area contributed by atoms with Gasteiger partial charge < -0.3 is 0 Å². The maximum atomic E-state index is 2.48. The molecule has 0 nitrogen and oxygen atoms in total. The number of rotatable bonds is 0. The van der Waals surface area contributed by atoms with E-state index in [9.17, 15) is 0 Å². The summed E-state index contributed by atoms with van der Waals surface area (Å²) in [6.45, 7) is 9.46. The number of hydrogen-bond donors (Lipinski definition) is 0. The Morgan fingerprint density at radius 1 is 1.19 bits per heavy atom. The summed E-state index contributed by atoms with van der Waals surface area (Å²) < 4.78 is 0. The highest BCUT2D eigenvalue weighted by Crippen LogP contribution is 2.56. The highest BCUT2D eigenvalue weighted by atomic mass is 32.2. The van der Waals surface area contributed by atoms with E-state index in [1.807, 2.05) is 0 Å². The summed E-state index contributed by atoms with van der Waals surface area (Å²) in [6.07, 6.45) is 9.98. The summed E-state index contributed by atoms with van der Waals surface area (Å²) in [6, 6.07) is 0. The van der Waals surface area contributed by atoms with Gasteiger partial charge in [-0.1, -0.05) is 37.1 Å². The Morgan fingerprint density at radius 2 is 1.94 bits per heavy atom. The summed E-state index contributed by atoms with van der Waals surface area (Å²) >= 11 is 2.19. The van der Waals surface area contributed by atoms with E-state index in [4.69, 9.17) is 0 Å². The van der Waals surface area contributed by atoms with E-state index >= 15 is 0 Å². The van der Waals surface area contributed by atoms with Crippen LogP contribution in [0.1, 0.15) is 53.4 Å². The molecule has 0 aromatic carbocycles. The van der Waals surface area contributed by atoms with Crippen molar-refractivity contribution in [2.45, 2.75) is 63.9 Å². The largest absolute Gasteiger partial charge is 0.152 e. The van der Waals surface area contributed by atoms with E-state index in [2.05, 4.69) is 51.6 Å². The van der Waals surface area contributed by atoms with Crippen LogP contribution in [0.25, 0.3) is 0 Å². The summed E-state index contributed by atoms with van der Waals surface area (Å²) in [7, 11) is 0. The van der Waals surface area contributed by atoms with Crippen LogP contribution in [-0.2, 0) is 0 Å². The molecule has 0 amide bonds. The van der Waals surface area contributed by atoms with Crippen molar-refractivity contribution in [2.24, 2.45) is 5.41 Å². The van der Waals surface area contributed by atoms with Crippen molar-refractivity contribution in [3.8, 4) is 0 Å². The normalized spacial score (nSPS) is 40.8. The molecule has 2 rings (SSSR count). The molecular weight excluding hydrogens is 212 g/mol. The average Bonchev–Trinajstić information content (AvgIpc) is 2.94. The van der Waals surface area contributed by atoms with Crippen molar-refractivity contribution in [1.29, 1.82) is 0 Å². The smallest absolute Gasteiger partial charge is 0.0227 e. The Morgan fingerprint density at radius 3 is 2.69 bits per heavy atom. The Hall–Kier alpha value is -0.170. The van der Waals surface area contributed by atoms with Crippen LogP contribution in [0.15, 0.2) is 23.3 Å². The number of fused-ring (bicyclic) bond motifs is 1. The molecule has 1 aliphatic heterocycles. The summed E-state index contributed by atoms with van der Waals surface area (Å²) in [4.78, 5) is 0.